The molecule has 2 aromatic rings. The van der Waals surface area contributed by atoms with Gasteiger partial charge in [-0.25, -0.2) is 9.69 Å². The van der Waals surface area contributed by atoms with Crippen molar-refractivity contribution in [3.63, 3.8) is 0 Å². The number of benzene rings is 1. The van der Waals surface area contributed by atoms with E-state index in [-0.39, 0.29) is 5.91 Å². The number of hydrogen-bond donors (Lipinski definition) is 0. The fraction of sp³-hybridized carbons (Fsp3) is 0.375. The summed E-state index contributed by atoms with van der Waals surface area (Å²) in [6.07, 6.45) is -0.550. The van der Waals surface area contributed by atoms with Crippen LogP contribution in [-0.2, 0) is 4.74 Å². The Morgan fingerprint density at radius 2 is 1.75 bits per heavy atom. The summed E-state index contributed by atoms with van der Waals surface area (Å²) in [5.41, 5.74) is 1.98. The lowest BCUT2D eigenvalue weighted by molar-refractivity contribution is 0.0598. The molecule has 0 aliphatic heterocycles. The van der Waals surface area contributed by atoms with Crippen LogP contribution in [0.2, 0.25) is 0 Å². The molecule has 0 N–H and O–H groups in total. The number of hydrogen-bond acceptors (Lipinski definition) is 6. The minimum atomic E-state index is -0.638. The lowest BCUT2D eigenvalue weighted by Gasteiger charge is -2.25. The van der Waals surface area contributed by atoms with Crippen molar-refractivity contribution < 1.29 is 14.3 Å². The number of carbonyl (C=O) groups is 2. The molecule has 128 valence electrons. The van der Waals surface area contributed by atoms with Gasteiger partial charge < -0.3 is 9.64 Å². The summed E-state index contributed by atoms with van der Waals surface area (Å²) in [4.78, 5) is 27.4. The van der Waals surface area contributed by atoms with Crippen LogP contribution in [0.5, 0.6) is 0 Å². The van der Waals surface area contributed by atoms with Crippen LogP contribution in [0.25, 0.3) is 0 Å². The molecule has 2 rings (SSSR count). The average Bonchev–Trinajstić information content (AvgIpc) is 2.99. The molecule has 0 spiro atoms. The molecule has 1 heterocycles. The first-order valence-corrected chi connectivity index (χ1v) is 8.18. The highest BCUT2D eigenvalue weighted by molar-refractivity contribution is 7.13. The number of amides is 2. The highest BCUT2D eigenvalue weighted by atomic mass is 32.1. The Bertz CT molecular complexity index is 706. The minimum Gasteiger partial charge on any atom is -0.443 e. The van der Waals surface area contributed by atoms with Gasteiger partial charge in [0.15, 0.2) is 0 Å². The molecule has 0 aliphatic rings. The molecule has 1 aromatic heterocycles. The van der Waals surface area contributed by atoms with E-state index in [4.69, 9.17) is 4.74 Å². The Hall–Kier alpha value is -2.48. The van der Waals surface area contributed by atoms with Crippen LogP contribution in [-0.4, -0.2) is 46.8 Å². The van der Waals surface area contributed by atoms with Gasteiger partial charge in [0, 0.05) is 19.7 Å². The van der Waals surface area contributed by atoms with Gasteiger partial charge in [0.1, 0.15) is 11.1 Å². The van der Waals surface area contributed by atoms with E-state index >= 15 is 0 Å². The van der Waals surface area contributed by atoms with E-state index in [9.17, 15) is 9.59 Å². The Morgan fingerprint density at radius 3 is 2.21 bits per heavy atom. The van der Waals surface area contributed by atoms with Crippen molar-refractivity contribution in [2.75, 3.05) is 19.0 Å². The molecule has 0 radical (unpaired) electrons. The Balaban J connectivity index is 2.34. The Kier molecular flexibility index (Phi) is 5.18. The van der Waals surface area contributed by atoms with E-state index < -0.39 is 11.7 Å². The molecule has 24 heavy (non-hydrogen) atoms. The fourth-order valence-corrected chi connectivity index (χ4v) is 2.45. The van der Waals surface area contributed by atoms with Gasteiger partial charge in [-0.3, -0.25) is 4.79 Å². The van der Waals surface area contributed by atoms with Crippen LogP contribution in [0.4, 0.5) is 15.6 Å². The van der Waals surface area contributed by atoms with Crippen LogP contribution < -0.4 is 4.90 Å². The summed E-state index contributed by atoms with van der Waals surface area (Å²) >= 11 is 1.22. The normalized spacial score (nSPS) is 11.0. The maximum absolute atomic E-state index is 12.6. The predicted molar refractivity (Wildman–Crippen MR) is 92.7 cm³/mol. The summed E-state index contributed by atoms with van der Waals surface area (Å²) in [6, 6.07) is 6.69. The molecule has 0 atom stereocenters. The van der Waals surface area contributed by atoms with Crippen molar-refractivity contribution in [2.45, 2.75) is 26.4 Å². The van der Waals surface area contributed by atoms with Crippen LogP contribution in [0, 0.1) is 0 Å². The van der Waals surface area contributed by atoms with Gasteiger partial charge in [0.2, 0.25) is 5.13 Å². The van der Waals surface area contributed by atoms with Gasteiger partial charge >= 0.3 is 6.09 Å². The zero-order chi connectivity index (χ0) is 17.9. The summed E-state index contributed by atoms with van der Waals surface area (Å²) in [7, 11) is 3.37. The summed E-state index contributed by atoms with van der Waals surface area (Å²) in [5, 5.41) is 8.12. The third-order valence-corrected chi connectivity index (χ3v) is 3.57. The smallest absolute Gasteiger partial charge is 0.421 e. The van der Waals surface area contributed by atoms with E-state index in [1.807, 2.05) is 0 Å². The zero-order valence-corrected chi connectivity index (χ0v) is 15.1. The second kappa shape index (κ2) is 6.96. The number of carbonyl (C=O) groups excluding carboxylic acids is 2. The first-order valence-electron chi connectivity index (χ1n) is 7.30. The quantitative estimate of drug-likeness (QED) is 0.850. The zero-order valence-electron chi connectivity index (χ0n) is 14.3. The standard InChI is InChI=1S/C16H20N4O3S/c1-16(2,3)23-15(22)20(14-18-17-10-24-14)12-8-6-11(7-9-12)13(21)19(4)5/h6-10H,1-5H3. The average molecular weight is 348 g/mol. The van der Waals surface area contributed by atoms with E-state index in [0.717, 1.165) is 0 Å². The highest BCUT2D eigenvalue weighted by Gasteiger charge is 2.27. The molecule has 2 amide bonds. The molecule has 7 nitrogen and oxygen atoms in total. The lowest BCUT2D eigenvalue weighted by Crippen LogP contribution is -2.33. The number of rotatable bonds is 3. The third kappa shape index (κ3) is 4.29. The molecule has 0 unspecified atom stereocenters. The van der Waals surface area contributed by atoms with Crippen LogP contribution in [0.3, 0.4) is 0 Å². The summed E-state index contributed by atoms with van der Waals surface area (Å²) in [6.45, 7) is 5.38. The van der Waals surface area contributed by atoms with Gasteiger partial charge in [-0.05, 0) is 45.0 Å². The van der Waals surface area contributed by atoms with Crippen molar-refractivity contribution >= 4 is 34.2 Å². The second-order valence-corrected chi connectivity index (χ2v) is 7.10. The molecule has 1 aromatic carbocycles. The maximum Gasteiger partial charge on any atom is 0.421 e. The number of anilines is 2. The van der Waals surface area contributed by atoms with E-state index in [1.165, 1.54) is 26.6 Å². The molecule has 0 bridgehead atoms. The van der Waals surface area contributed by atoms with Gasteiger partial charge in [-0.15, -0.1) is 10.2 Å². The fourth-order valence-electron chi connectivity index (χ4n) is 1.88. The summed E-state index contributed by atoms with van der Waals surface area (Å²) in [5.74, 6) is -0.110. The molecular weight excluding hydrogens is 328 g/mol. The van der Waals surface area contributed by atoms with Gasteiger partial charge in [0.25, 0.3) is 5.91 Å². The van der Waals surface area contributed by atoms with Crippen molar-refractivity contribution in [3.05, 3.63) is 35.3 Å². The molecule has 0 saturated heterocycles. The van der Waals surface area contributed by atoms with Gasteiger partial charge in [0.05, 0.1) is 5.69 Å². The Morgan fingerprint density at radius 1 is 1.12 bits per heavy atom. The topological polar surface area (TPSA) is 75.6 Å². The van der Waals surface area contributed by atoms with Crippen molar-refractivity contribution in [3.8, 4) is 0 Å². The van der Waals surface area contributed by atoms with Crippen LogP contribution in [0.1, 0.15) is 31.1 Å². The van der Waals surface area contributed by atoms with Crippen molar-refractivity contribution in [1.82, 2.24) is 15.1 Å². The van der Waals surface area contributed by atoms with Crippen LogP contribution in [0.15, 0.2) is 29.8 Å². The largest absolute Gasteiger partial charge is 0.443 e. The van der Waals surface area contributed by atoms with Crippen molar-refractivity contribution in [1.29, 1.82) is 0 Å². The minimum absolute atomic E-state index is 0.110. The van der Waals surface area contributed by atoms with Gasteiger partial charge in [-0.1, -0.05) is 11.3 Å². The number of aromatic nitrogens is 2. The molecule has 8 heteroatoms. The lowest BCUT2D eigenvalue weighted by atomic mass is 10.2. The van der Waals surface area contributed by atoms with E-state index in [2.05, 4.69) is 10.2 Å². The molecule has 0 aliphatic carbocycles. The van der Waals surface area contributed by atoms with Gasteiger partial charge in [-0.2, -0.15) is 0 Å². The molecular formula is C16H20N4O3S. The molecule has 0 saturated carbocycles. The number of ether oxygens (including phenoxy) is 1. The van der Waals surface area contributed by atoms with E-state index in [1.54, 1.807) is 59.1 Å². The predicted octanol–water partition coefficient (Wildman–Crippen LogP) is 3.31. The highest BCUT2D eigenvalue weighted by Crippen LogP contribution is 2.29. The third-order valence-electron chi connectivity index (χ3n) is 2.89. The van der Waals surface area contributed by atoms with E-state index in [0.29, 0.717) is 16.4 Å². The maximum atomic E-state index is 12.6. The Labute approximate surface area is 144 Å². The first-order chi connectivity index (χ1) is 11.2. The monoisotopic (exact) mass is 348 g/mol. The van der Waals surface area contributed by atoms with Crippen LogP contribution >= 0.6 is 11.3 Å². The SMILES string of the molecule is CN(C)C(=O)c1ccc(N(C(=O)OC(C)(C)C)c2nncs2)cc1. The summed E-state index contributed by atoms with van der Waals surface area (Å²) < 4.78 is 5.44. The number of nitrogens with zero attached hydrogens (tertiary/aromatic N) is 4. The second-order valence-electron chi connectivity index (χ2n) is 6.28. The van der Waals surface area contributed by atoms with Crippen molar-refractivity contribution in [2.24, 2.45) is 0 Å². The molecule has 0 fully saturated rings. The first kappa shape index (κ1) is 17.9.